The van der Waals surface area contributed by atoms with E-state index in [2.05, 4.69) is 17.7 Å². The van der Waals surface area contributed by atoms with E-state index in [0.29, 0.717) is 25.3 Å². The Balaban J connectivity index is 0.00000185. The fraction of sp³-hybridized carbons (Fsp3) is 0.595. The summed E-state index contributed by atoms with van der Waals surface area (Å²) in [5, 5.41) is 9.41. The van der Waals surface area contributed by atoms with Crippen LogP contribution in [0.2, 0.25) is 0 Å². The molecule has 2 aliphatic rings. The molecule has 0 N–H and O–H groups in total. The van der Waals surface area contributed by atoms with Crippen molar-refractivity contribution in [1.29, 1.82) is 5.26 Å². The molecule has 2 aromatic carbocycles. The largest absolute Gasteiger partial charge is 0.493 e. The summed E-state index contributed by atoms with van der Waals surface area (Å²) >= 11 is 0. The van der Waals surface area contributed by atoms with Crippen LogP contribution in [0.5, 0.6) is 5.75 Å². The molecule has 2 aromatic rings. The number of nitrogens with zero attached hydrogens (tertiary/aromatic N) is 3. The molecule has 4 rings (SSSR count). The van der Waals surface area contributed by atoms with Crippen LogP contribution in [0.25, 0.3) is 0 Å². The number of hydrogen-bond acceptors (Lipinski definition) is 5. The molecule has 1 unspecified atom stereocenters. The maximum Gasteiger partial charge on any atom is 0.259 e. The Morgan fingerprint density at radius 2 is 1.50 bits per heavy atom. The Morgan fingerprint density at radius 3 is 2.11 bits per heavy atom. The molecule has 2 amide bonds. The van der Waals surface area contributed by atoms with E-state index >= 15 is 0 Å². The molecular weight excluding hydrogens is 588 g/mol. The average molecular weight is 640 g/mol. The molecular formula is C37H51F2N3O4. The fourth-order valence-corrected chi connectivity index (χ4v) is 6.73. The van der Waals surface area contributed by atoms with Crippen LogP contribution >= 0.6 is 0 Å². The van der Waals surface area contributed by atoms with Crippen LogP contribution in [0.4, 0.5) is 14.5 Å². The third-order valence-corrected chi connectivity index (χ3v) is 9.03. The molecule has 2 heterocycles. The Labute approximate surface area is 273 Å². The maximum atomic E-state index is 14.8. The highest BCUT2D eigenvalue weighted by atomic mass is 19.1. The smallest absolute Gasteiger partial charge is 0.259 e. The summed E-state index contributed by atoms with van der Waals surface area (Å²) in [6.07, 6.45) is 12.9. The van der Waals surface area contributed by atoms with E-state index in [4.69, 9.17) is 4.74 Å². The van der Waals surface area contributed by atoms with E-state index in [1.165, 1.54) is 0 Å². The summed E-state index contributed by atoms with van der Waals surface area (Å²) in [5.41, 5.74) is 1.43. The Hall–Kier alpha value is -3.51. The van der Waals surface area contributed by atoms with E-state index in [9.17, 15) is 23.6 Å². The normalized spacial score (nSPS) is 17.8. The lowest BCUT2D eigenvalue weighted by Gasteiger charge is -2.28. The van der Waals surface area contributed by atoms with Crippen molar-refractivity contribution in [3.05, 3.63) is 58.7 Å². The molecule has 0 spiro atoms. The van der Waals surface area contributed by atoms with Crippen LogP contribution in [0.15, 0.2) is 30.3 Å². The molecule has 7 nitrogen and oxygen atoms in total. The van der Waals surface area contributed by atoms with Crippen LogP contribution in [0.1, 0.15) is 118 Å². The molecule has 1 atom stereocenters. The van der Waals surface area contributed by atoms with Crippen LogP contribution in [0, 0.1) is 23.0 Å². The van der Waals surface area contributed by atoms with Gasteiger partial charge in [-0.05, 0) is 55.9 Å². The van der Waals surface area contributed by atoms with Crippen molar-refractivity contribution in [3.8, 4) is 11.8 Å². The van der Waals surface area contributed by atoms with Crippen molar-refractivity contribution in [2.24, 2.45) is 0 Å². The number of carbonyl (C=O) groups is 2. The van der Waals surface area contributed by atoms with Crippen molar-refractivity contribution in [2.75, 3.05) is 45.9 Å². The topological polar surface area (TPSA) is 82.9 Å². The number of rotatable bonds is 13. The SMILES string of the molecule is CCCC1(CCCCCCCCOc2cc(F)c(C(=O)N3CCCCCCC3)c(F)c2)C(=O)N(C)c2ccc(C#N)cc21.COC. The lowest BCUT2D eigenvalue weighted by Crippen LogP contribution is -2.38. The van der Waals surface area contributed by atoms with Crippen molar-refractivity contribution >= 4 is 17.5 Å². The summed E-state index contributed by atoms with van der Waals surface area (Å²) in [5.74, 6) is -2.10. The zero-order chi connectivity index (χ0) is 33.5. The Kier molecular flexibility index (Phi) is 14.9. The maximum absolute atomic E-state index is 14.8. The van der Waals surface area contributed by atoms with E-state index in [0.717, 1.165) is 113 Å². The zero-order valence-corrected chi connectivity index (χ0v) is 28.1. The summed E-state index contributed by atoms with van der Waals surface area (Å²) < 4.78 is 39.5. The minimum atomic E-state index is -0.874. The molecule has 2 aliphatic heterocycles. The second-order valence-corrected chi connectivity index (χ2v) is 12.5. The van der Waals surface area contributed by atoms with Gasteiger partial charge in [0.25, 0.3) is 5.91 Å². The monoisotopic (exact) mass is 639 g/mol. The van der Waals surface area contributed by atoms with Crippen LogP contribution in [-0.4, -0.2) is 57.7 Å². The average Bonchev–Trinajstić information content (AvgIpc) is 3.21. The number of halogens is 2. The van der Waals surface area contributed by atoms with E-state index in [1.54, 1.807) is 30.1 Å². The third kappa shape index (κ3) is 9.28. The van der Waals surface area contributed by atoms with Crippen LogP contribution in [0.3, 0.4) is 0 Å². The number of likely N-dealkylation sites (tertiary alicyclic amines) is 1. The van der Waals surface area contributed by atoms with Crippen LogP contribution < -0.4 is 9.64 Å². The van der Waals surface area contributed by atoms with E-state index < -0.39 is 28.5 Å². The number of benzene rings is 2. The van der Waals surface area contributed by atoms with Crippen molar-refractivity contribution < 1.29 is 27.8 Å². The standard InChI is InChI=1S/C35H45F2N3O3.C2H6O/c1-3-17-35(28-22-26(25-38)15-16-31(28)39(2)34(35)42)18-11-7-4-5-10-14-21-43-27-23-29(36)32(30(37)24-27)33(41)40-19-12-8-6-9-13-20-40;1-3-2/h15-16,22-24H,3-14,17-21H2,1-2H3;1-2H3. The van der Waals surface area contributed by atoms with Gasteiger partial charge in [0.15, 0.2) is 0 Å². The Morgan fingerprint density at radius 1 is 0.913 bits per heavy atom. The molecule has 1 fully saturated rings. The lowest BCUT2D eigenvalue weighted by molar-refractivity contribution is -0.123. The molecule has 252 valence electrons. The van der Waals surface area contributed by atoms with Gasteiger partial charge in [-0.1, -0.05) is 64.7 Å². The fourth-order valence-electron chi connectivity index (χ4n) is 6.73. The van der Waals surface area contributed by atoms with Gasteiger partial charge in [0, 0.05) is 52.2 Å². The second-order valence-electron chi connectivity index (χ2n) is 12.5. The van der Waals surface area contributed by atoms with Gasteiger partial charge in [-0.25, -0.2) is 8.78 Å². The molecule has 9 heteroatoms. The highest BCUT2D eigenvalue weighted by molar-refractivity contribution is 6.07. The molecule has 46 heavy (non-hydrogen) atoms. The number of hydrogen-bond donors (Lipinski definition) is 0. The molecule has 0 bridgehead atoms. The number of ether oxygens (including phenoxy) is 2. The number of fused-ring (bicyclic) bond motifs is 1. The molecule has 1 saturated heterocycles. The van der Waals surface area contributed by atoms with Gasteiger partial charge in [-0.15, -0.1) is 0 Å². The zero-order valence-electron chi connectivity index (χ0n) is 28.1. The number of nitriles is 1. The first-order valence-corrected chi connectivity index (χ1v) is 16.9. The molecule has 0 radical (unpaired) electrons. The van der Waals surface area contributed by atoms with Gasteiger partial charge in [-0.3, -0.25) is 9.59 Å². The lowest BCUT2D eigenvalue weighted by atomic mass is 9.73. The van der Waals surface area contributed by atoms with Crippen molar-refractivity contribution in [1.82, 2.24) is 4.90 Å². The van der Waals surface area contributed by atoms with Gasteiger partial charge in [0.05, 0.1) is 23.7 Å². The summed E-state index contributed by atoms with van der Waals surface area (Å²) in [6.45, 7) is 3.50. The van der Waals surface area contributed by atoms with Gasteiger partial charge >= 0.3 is 0 Å². The van der Waals surface area contributed by atoms with Gasteiger partial charge < -0.3 is 19.3 Å². The minimum absolute atomic E-state index is 0.103. The van der Waals surface area contributed by atoms with Gasteiger partial charge in [0.1, 0.15) is 22.9 Å². The van der Waals surface area contributed by atoms with Crippen molar-refractivity contribution in [3.63, 3.8) is 0 Å². The number of likely N-dealkylation sites (N-methyl/N-ethyl adjacent to an activating group) is 1. The van der Waals surface area contributed by atoms with Gasteiger partial charge in [0.2, 0.25) is 5.91 Å². The summed E-state index contributed by atoms with van der Waals surface area (Å²) in [6, 6.07) is 10.0. The second kappa shape index (κ2) is 18.6. The third-order valence-electron chi connectivity index (χ3n) is 9.03. The predicted molar refractivity (Wildman–Crippen MR) is 177 cm³/mol. The number of methoxy groups -OCH3 is 1. The van der Waals surface area contributed by atoms with Crippen LogP contribution in [-0.2, 0) is 14.9 Å². The van der Waals surface area contributed by atoms with Crippen molar-refractivity contribution in [2.45, 2.75) is 102 Å². The first kappa shape index (κ1) is 37.0. The van der Waals surface area contributed by atoms with E-state index in [1.807, 2.05) is 19.2 Å². The number of unbranched alkanes of at least 4 members (excludes halogenated alkanes) is 5. The molecule has 0 aromatic heterocycles. The minimum Gasteiger partial charge on any atom is -0.493 e. The summed E-state index contributed by atoms with van der Waals surface area (Å²) in [4.78, 5) is 29.5. The summed E-state index contributed by atoms with van der Waals surface area (Å²) in [7, 11) is 5.07. The van der Waals surface area contributed by atoms with Gasteiger partial charge in [-0.2, -0.15) is 5.26 Å². The molecule has 0 saturated carbocycles. The number of amides is 2. The highest BCUT2D eigenvalue weighted by Crippen LogP contribution is 2.47. The molecule has 0 aliphatic carbocycles. The quantitative estimate of drug-likeness (QED) is 0.206. The van der Waals surface area contributed by atoms with E-state index in [-0.39, 0.29) is 11.7 Å². The first-order chi connectivity index (χ1) is 22.2. The number of carbonyl (C=O) groups excluding carboxylic acids is 2. The highest BCUT2D eigenvalue weighted by Gasteiger charge is 2.48. The predicted octanol–water partition coefficient (Wildman–Crippen LogP) is 8.33. The Bertz CT molecular complexity index is 1310. The first-order valence-electron chi connectivity index (χ1n) is 16.9. The number of anilines is 1.